The van der Waals surface area contributed by atoms with Crippen molar-refractivity contribution in [3.8, 4) is 0 Å². The molecule has 0 saturated heterocycles. The SMILES string of the molecule is C1=CCC(NCCc2ccccc2)CC1. The monoisotopic (exact) mass is 201 g/mol. The van der Waals surface area contributed by atoms with Gasteiger partial charge in [0.25, 0.3) is 0 Å². The highest BCUT2D eigenvalue weighted by Crippen LogP contribution is 2.10. The van der Waals surface area contributed by atoms with Crippen molar-refractivity contribution in [3.05, 3.63) is 48.0 Å². The molecule has 0 fully saturated rings. The molecule has 80 valence electrons. The van der Waals surface area contributed by atoms with Crippen LogP contribution in [0, 0.1) is 0 Å². The van der Waals surface area contributed by atoms with Crippen molar-refractivity contribution in [2.75, 3.05) is 6.54 Å². The molecule has 15 heavy (non-hydrogen) atoms. The van der Waals surface area contributed by atoms with Crippen LogP contribution in [0.1, 0.15) is 24.8 Å². The highest BCUT2D eigenvalue weighted by atomic mass is 14.9. The molecule has 0 heterocycles. The second-order valence-corrected chi connectivity index (χ2v) is 4.17. The van der Waals surface area contributed by atoms with Crippen molar-refractivity contribution in [3.63, 3.8) is 0 Å². The van der Waals surface area contributed by atoms with Gasteiger partial charge in [0, 0.05) is 6.04 Å². The maximum Gasteiger partial charge on any atom is 0.0105 e. The molecule has 1 atom stereocenters. The van der Waals surface area contributed by atoms with Gasteiger partial charge in [0.2, 0.25) is 0 Å². The van der Waals surface area contributed by atoms with Crippen LogP contribution in [0.25, 0.3) is 0 Å². The Kier molecular flexibility index (Phi) is 3.98. The topological polar surface area (TPSA) is 12.0 Å². The molecule has 0 aliphatic heterocycles. The third-order valence-electron chi connectivity index (χ3n) is 2.96. The van der Waals surface area contributed by atoms with Crippen molar-refractivity contribution in [2.45, 2.75) is 31.7 Å². The van der Waals surface area contributed by atoms with Crippen LogP contribution in [0.5, 0.6) is 0 Å². The molecule has 1 N–H and O–H groups in total. The van der Waals surface area contributed by atoms with E-state index in [4.69, 9.17) is 0 Å². The van der Waals surface area contributed by atoms with Gasteiger partial charge in [0.05, 0.1) is 0 Å². The van der Waals surface area contributed by atoms with Gasteiger partial charge < -0.3 is 5.32 Å². The molecule has 1 aliphatic carbocycles. The van der Waals surface area contributed by atoms with E-state index in [2.05, 4.69) is 47.8 Å². The lowest BCUT2D eigenvalue weighted by Gasteiger charge is -2.19. The van der Waals surface area contributed by atoms with Crippen LogP contribution in [0.4, 0.5) is 0 Å². The van der Waals surface area contributed by atoms with E-state index in [1.807, 2.05) is 0 Å². The molecule has 1 aromatic rings. The average molecular weight is 201 g/mol. The first-order chi connectivity index (χ1) is 7.45. The molecular weight excluding hydrogens is 182 g/mol. The van der Waals surface area contributed by atoms with E-state index >= 15 is 0 Å². The molecule has 0 radical (unpaired) electrons. The molecule has 0 saturated carbocycles. The van der Waals surface area contributed by atoms with E-state index in [0.717, 1.165) is 13.0 Å². The fourth-order valence-corrected chi connectivity index (χ4v) is 2.04. The van der Waals surface area contributed by atoms with Crippen LogP contribution in [-0.2, 0) is 6.42 Å². The van der Waals surface area contributed by atoms with Crippen LogP contribution in [0.15, 0.2) is 42.5 Å². The summed E-state index contributed by atoms with van der Waals surface area (Å²) in [5, 5.41) is 3.62. The van der Waals surface area contributed by atoms with Crippen LogP contribution in [-0.4, -0.2) is 12.6 Å². The van der Waals surface area contributed by atoms with Crippen molar-refractivity contribution in [1.82, 2.24) is 5.32 Å². The van der Waals surface area contributed by atoms with E-state index < -0.39 is 0 Å². The number of hydrogen-bond donors (Lipinski definition) is 1. The van der Waals surface area contributed by atoms with E-state index in [-0.39, 0.29) is 0 Å². The summed E-state index contributed by atoms with van der Waals surface area (Å²) < 4.78 is 0. The molecule has 1 aromatic carbocycles. The zero-order valence-corrected chi connectivity index (χ0v) is 9.15. The number of nitrogens with one attached hydrogen (secondary N) is 1. The van der Waals surface area contributed by atoms with Crippen LogP contribution in [0.2, 0.25) is 0 Å². The molecular formula is C14H19N. The van der Waals surface area contributed by atoms with Gasteiger partial charge in [0.15, 0.2) is 0 Å². The maximum absolute atomic E-state index is 3.62. The van der Waals surface area contributed by atoms with Gasteiger partial charge in [0.1, 0.15) is 0 Å². The predicted octanol–water partition coefficient (Wildman–Crippen LogP) is 2.93. The normalized spacial score (nSPS) is 20.4. The summed E-state index contributed by atoms with van der Waals surface area (Å²) in [4.78, 5) is 0. The molecule has 0 bridgehead atoms. The van der Waals surface area contributed by atoms with Crippen LogP contribution in [0.3, 0.4) is 0 Å². The van der Waals surface area contributed by atoms with Gasteiger partial charge in [-0.2, -0.15) is 0 Å². The minimum Gasteiger partial charge on any atom is -0.313 e. The van der Waals surface area contributed by atoms with Gasteiger partial charge in [-0.3, -0.25) is 0 Å². The Morgan fingerprint density at radius 3 is 2.73 bits per heavy atom. The van der Waals surface area contributed by atoms with Gasteiger partial charge in [-0.15, -0.1) is 0 Å². The Morgan fingerprint density at radius 1 is 1.13 bits per heavy atom. The summed E-state index contributed by atoms with van der Waals surface area (Å²) in [6.45, 7) is 1.10. The Hall–Kier alpha value is -1.08. The molecule has 1 unspecified atom stereocenters. The fourth-order valence-electron chi connectivity index (χ4n) is 2.04. The van der Waals surface area contributed by atoms with Crippen LogP contribution < -0.4 is 5.32 Å². The lowest BCUT2D eigenvalue weighted by Crippen LogP contribution is -2.31. The summed E-state index contributed by atoms with van der Waals surface area (Å²) in [5.74, 6) is 0. The number of benzene rings is 1. The van der Waals surface area contributed by atoms with E-state index in [0.29, 0.717) is 6.04 Å². The Bertz CT molecular complexity index is 302. The van der Waals surface area contributed by atoms with Crippen molar-refractivity contribution in [1.29, 1.82) is 0 Å². The molecule has 0 amide bonds. The zero-order valence-electron chi connectivity index (χ0n) is 9.15. The van der Waals surface area contributed by atoms with E-state index in [1.165, 1.54) is 24.8 Å². The first-order valence-electron chi connectivity index (χ1n) is 5.87. The quantitative estimate of drug-likeness (QED) is 0.739. The standard InChI is InChI=1S/C14H19N/c1-3-7-13(8-4-1)11-12-15-14-9-5-2-6-10-14/h1-5,7-8,14-15H,6,9-12H2. The third-order valence-corrected chi connectivity index (χ3v) is 2.96. The van der Waals surface area contributed by atoms with Crippen molar-refractivity contribution >= 4 is 0 Å². The highest BCUT2D eigenvalue weighted by molar-refractivity contribution is 5.14. The summed E-state index contributed by atoms with van der Waals surface area (Å²) in [6.07, 6.45) is 9.46. The Balaban J connectivity index is 1.68. The Morgan fingerprint density at radius 2 is 2.00 bits per heavy atom. The van der Waals surface area contributed by atoms with Gasteiger partial charge in [-0.1, -0.05) is 42.5 Å². The second kappa shape index (κ2) is 5.72. The zero-order chi connectivity index (χ0) is 10.3. The maximum atomic E-state index is 3.62. The number of hydrogen-bond acceptors (Lipinski definition) is 1. The fraction of sp³-hybridized carbons (Fsp3) is 0.429. The van der Waals surface area contributed by atoms with Crippen molar-refractivity contribution < 1.29 is 0 Å². The average Bonchev–Trinajstić information content (AvgIpc) is 2.32. The lowest BCUT2D eigenvalue weighted by molar-refractivity contribution is 0.478. The highest BCUT2D eigenvalue weighted by Gasteiger charge is 2.07. The smallest absolute Gasteiger partial charge is 0.0105 e. The summed E-state index contributed by atoms with van der Waals surface area (Å²) >= 11 is 0. The predicted molar refractivity (Wildman–Crippen MR) is 64.9 cm³/mol. The first kappa shape index (κ1) is 10.4. The summed E-state index contributed by atoms with van der Waals surface area (Å²) in [6, 6.07) is 11.4. The minimum atomic E-state index is 0.707. The van der Waals surface area contributed by atoms with E-state index in [1.54, 1.807) is 0 Å². The largest absolute Gasteiger partial charge is 0.313 e. The first-order valence-corrected chi connectivity index (χ1v) is 5.87. The lowest BCUT2D eigenvalue weighted by atomic mass is 10.0. The molecule has 0 spiro atoms. The van der Waals surface area contributed by atoms with Crippen LogP contribution >= 0.6 is 0 Å². The molecule has 0 aromatic heterocycles. The summed E-state index contributed by atoms with van der Waals surface area (Å²) in [7, 11) is 0. The van der Waals surface area contributed by atoms with Gasteiger partial charge in [-0.25, -0.2) is 0 Å². The summed E-state index contributed by atoms with van der Waals surface area (Å²) in [5.41, 5.74) is 1.43. The number of rotatable bonds is 4. The molecule has 1 aliphatic rings. The van der Waals surface area contributed by atoms with Gasteiger partial charge in [-0.05, 0) is 37.8 Å². The molecule has 1 heteroatoms. The minimum absolute atomic E-state index is 0.707. The van der Waals surface area contributed by atoms with Gasteiger partial charge >= 0.3 is 0 Å². The molecule has 1 nitrogen and oxygen atoms in total. The molecule has 2 rings (SSSR count). The van der Waals surface area contributed by atoms with Crippen molar-refractivity contribution in [2.24, 2.45) is 0 Å². The Labute approximate surface area is 92.2 Å². The van der Waals surface area contributed by atoms with E-state index in [9.17, 15) is 0 Å². The second-order valence-electron chi connectivity index (χ2n) is 4.17. The third kappa shape index (κ3) is 3.52. The number of allylic oxidation sites excluding steroid dienone is 1.